The minimum Gasteiger partial charge on any atom is -0.497 e. The van der Waals surface area contributed by atoms with Crippen molar-refractivity contribution in [1.82, 2.24) is 4.98 Å². The van der Waals surface area contributed by atoms with Gasteiger partial charge >= 0.3 is 5.88 Å². The molecule has 0 unspecified atom stereocenters. The largest absolute Gasteiger partial charge is 0.497 e. The molecule has 0 spiro atoms. The van der Waals surface area contributed by atoms with Crippen LogP contribution in [0, 0.1) is 10.1 Å². The van der Waals surface area contributed by atoms with Crippen molar-refractivity contribution in [2.24, 2.45) is 0 Å². The molecule has 0 saturated heterocycles. The van der Waals surface area contributed by atoms with Crippen LogP contribution in [0.2, 0.25) is 0 Å². The van der Waals surface area contributed by atoms with E-state index in [4.69, 9.17) is 13.9 Å². The number of nitrogens with one attached hydrogen (secondary N) is 1. The Morgan fingerprint density at radius 3 is 2.73 bits per heavy atom. The molecule has 1 N–H and O–H groups in total. The van der Waals surface area contributed by atoms with E-state index in [1.807, 2.05) is 0 Å². The predicted octanol–water partition coefficient (Wildman–Crippen LogP) is 3.58. The minimum atomic E-state index is -0.714. The van der Waals surface area contributed by atoms with Crippen molar-refractivity contribution < 1.29 is 23.6 Å². The molecule has 10 heteroatoms. The van der Waals surface area contributed by atoms with Gasteiger partial charge in [-0.2, -0.15) is 0 Å². The topological polar surface area (TPSA) is 117 Å². The monoisotopic (exact) mass is 375 g/mol. The molecule has 2 heterocycles. The van der Waals surface area contributed by atoms with Crippen LogP contribution in [0.5, 0.6) is 11.5 Å². The van der Waals surface area contributed by atoms with Crippen LogP contribution in [-0.4, -0.2) is 30.0 Å². The van der Waals surface area contributed by atoms with Crippen LogP contribution in [0.1, 0.15) is 10.6 Å². The van der Waals surface area contributed by atoms with Gasteiger partial charge in [0.05, 0.1) is 26.0 Å². The summed E-state index contributed by atoms with van der Waals surface area (Å²) >= 11 is 1.20. The Morgan fingerprint density at radius 1 is 1.27 bits per heavy atom. The number of carbonyl (C=O) groups excluding carboxylic acids is 1. The fraction of sp³-hybridized carbons (Fsp3) is 0.125. The summed E-state index contributed by atoms with van der Waals surface area (Å²) in [5.74, 6) is -0.0722. The van der Waals surface area contributed by atoms with Crippen molar-refractivity contribution in [2.45, 2.75) is 0 Å². The first-order valence-corrected chi connectivity index (χ1v) is 8.13. The molecule has 0 saturated carbocycles. The number of hydrogen-bond acceptors (Lipinski definition) is 8. The Kier molecular flexibility index (Phi) is 4.85. The summed E-state index contributed by atoms with van der Waals surface area (Å²) in [6, 6.07) is 7.65. The maximum Gasteiger partial charge on any atom is 0.433 e. The van der Waals surface area contributed by atoms with E-state index in [2.05, 4.69) is 10.3 Å². The standard InChI is InChI=1S/C16H13N3O6S/c1-23-9-3-4-10(13(7-9)24-2)11-8-26-16(17-11)18-15(20)12-5-6-14(25-12)19(21)22/h3-8H,1-2H3,(H,17,18,20). The third kappa shape index (κ3) is 3.49. The average Bonchev–Trinajstić information content (AvgIpc) is 3.30. The SMILES string of the molecule is COc1ccc(-c2csc(NC(=O)c3ccc([N+](=O)[O-])o3)n2)c(OC)c1. The number of nitrogens with zero attached hydrogens (tertiary/aromatic N) is 2. The van der Waals surface area contributed by atoms with Gasteiger partial charge in [0.15, 0.2) is 10.9 Å². The van der Waals surface area contributed by atoms with Gasteiger partial charge in [-0.25, -0.2) is 4.98 Å². The van der Waals surface area contributed by atoms with E-state index in [9.17, 15) is 14.9 Å². The van der Waals surface area contributed by atoms with Crippen molar-refractivity contribution in [3.63, 3.8) is 0 Å². The lowest BCUT2D eigenvalue weighted by Crippen LogP contribution is -2.10. The highest BCUT2D eigenvalue weighted by molar-refractivity contribution is 7.14. The van der Waals surface area contributed by atoms with E-state index < -0.39 is 16.7 Å². The van der Waals surface area contributed by atoms with Crippen molar-refractivity contribution in [3.05, 3.63) is 51.6 Å². The molecule has 3 aromatic rings. The molecule has 0 aliphatic carbocycles. The van der Waals surface area contributed by atoms with Crippen LogP contribution in [0.4, 0.5) is 11.0 Å². The molecule has 2 aromatic heterocycles. The zero-order valence-corrected chi connectivity index (χ0v) is 14.5. The van der Waals surface area contributed by atoms with Gasteiger partial charge in [-0.1, -0.05) is 0 Å². The van der Waals surface area contributed by atoms with Crippen molar-refractivity contribution in [1.29, 1.82) is 0 Å². The number of ether oxygens (including phenoxy) is 2. The lowest BCUT2D eigenvalue weighted by atomic mass is 10.1. The molecule has 0 bridgehead atoms. The number of amides is 1. The lowest BCUT2D eigenvalue weighted by Gasteiger charge is -2.08. The Balaban J connectivity index is 1.79. The number of furan rings is 1. The first-order chi connectivity index (χ1) is 12.5. The lowest BCUT2D eigenvalue weighted by molar-refractivity contribution is -0.402. The summed E-state index contributed by atoms with van der Waals surface area (Å²) in [6.45, 7) is 0. The summed E-state index contributed by atoms with van der Waals surface area (Å²) in [4.78, 5) is 26.3. The summed E-state index contributed by atoms with van der Waals surface area (Å²) in [7, 11) is 3.10. The first kappa shape index (κ1) is 17.4. The van der Waals surface area contributed by atoms with E-state index in [-0.39, 0.29) is 5.76 Å². The van der Waals surface area contributed by atoms with Crippen LogP contribution >= 0.6 is 11.3 Å². The molecular weight excluding hydrogens is 362 g/mol. The number of anilines is 1. The zero-order chi connectivity index (χ0) is 18.7. The van der Waals surface area contributed by atoms with Crippen molar-refractivity contribution >= 4 is 28.3 Å². The number of nitro groups is 1. The molecule has 26 heavy (non-hydrogen) atoms. The highest BCUT2D eigenvalue weighted by Gasteiger charge is 2.19. The summed E-state index contributed by atoms with van der Waals surface area (Å²) in [5, 5.41) is 15.2. The molecular formula is C16H13N3O6S. The minimum absolute atomic E-state index is 0.171. The van der Waals surface area contributed by atoms with Gasteiger partial charge in [-0.05, 0) is 18.2 Å². The van der Waals surface area contributed by atoms with Crippen molar-refractivity contribution in [2.75, 3.05) is 19.5 Å². The van der Waals surface area contributed by atoms with Crippen LogP contribution in [0.15, 0.2) is 40.1 Å². The van der Waals surface area contributed by atoms with E-state index in [1.54, 1.807) is 30.7 Å². The van der Waals surface area contributed by atoms with Crippen LogP contribution in [0.3, 0.4) is 0 Å². The predicted molar refractivity (Wildman–Crippen MR) is 94.0 cm³/mol. The fourth-order valence-corrected chi connectivity index (χ4v) is 2.88. The Morgan fingerprint density at radius 2 is 2.08 bits per heavy atom. The summed E-state index contributed by atoms with van der Waals surface area (Å²) in [5.41, 5.74) is 1.34. The van der Waals surface area contributed by atoms with E-state index in [0.29, 0.717) is 22.3 Å². The first-order valence-electron chi connectivity index (χ1n) is 7.25. The Labute approximate surface area is 151 Å². The van der Waals surface area contributed by atoms with Gasteiger partial charge in [0.25, 0.3) is 5.91 Å². The third-order valence-corrected chi connectivity index (χ3v) is 4.16. The molecule has 1 aromatic carbocycles. The molecule has 0 atom stereocenters. The number of methoxy groups -OCH3 is 2. The van der Waals surface area contributed by atoms with Gasteiger partial charge in [-0.3, -0.25) is 20.2 Å². The molecule has 1 amide bonds. The average molecular weight is 375 g/mol. The summed E-state index contributed by atoms with van der Waals surface area (Å²) < 4.78 is 15.4. The van der Waals surface area contributed by atoms with Gasteiger partial charge in [0.1, 0.15) is 16.4 Å². The zero-order valence-electron chi connectivity index (χ0n) is 13.7. The molecule has 9 nitrogen and oxygen atoms in total. The maximum absolute atomic E-state index is 12.1. The normalized spacial score (nSPS) is 10.4. The molecule has 0 radical (unpaired) electrons. The number of aromatic nitrogens is 1. The number of carbonyl (C=O) groups is 1. The number of benzene rings is 1. The van der Waals surface area contributed by atoms with Gasteiger partial charge in [0.2, 0.25) is 0 Å². The Bertz CT molecular complexity index is 965. The number of thiazole rings is 1. The van der Waals surface area contributed by atoms with Gasteiger partial charge in [-0.15, -0.1) is 11.3 Å². The quantitative estimate of drug-likeness (QED) is 0.517. The molecule has 0 aliphatic heterocycles. The molecule has 0 aliphatic rings. The van der Waals surface area contributed by atoms with E-state index in [1.165, 1.54) is 24.5 Å². The van der Waals surface area contributed by atoms with E-state index >= 15 is 0 Å². The molecule has 3 rings (SSSR count). The van der Waals surface area contributed by atoms with Crippen LogP contribution < -0.4 is 14.8 Å². The molecule has 0 fully saturated rings. The van der Waals surface area contributed by atoms with Crippen LogP contribution in [-0.2, 0) is 0 Å². The van der Waals surface area contributed by atoms with E-state index in [0.717, 1.165) is 11.6 Å². The van der Waals surface area contributed by atoms with Gasteiger partial charge < -0.3 is 13.9 Å². The number of hydrogen-bond donors (Lipinski definition) is 1. The number of rotatable bonds is 6. The maximum atomic E-state index is 12.1. The smallest absolute Gasteiger partial charge is 0.433 e. The van der Waals surface area contributed by atoms with Gasteiger partial charge in [0, 0.05) is 17.0 Å². The highest BCUT2D eigenvalue weighted by Crippen LogP contribution is 2.35. The second-order valence-corrected chi connectivity index (χ2v) is 5.81. The van der Waals surface area contributed by atoms with Crippen molar-refractivity contribution in [3.8, 4) is 22.8 Å². The summed E-state index contributed by atoms with van der Waals surface area (Å²) in [6.07, 6.45) is 0. The second kappa shape index (κ2) is 7.23. The molecule has 134 valence electrons. The fourth-order valence-electron chi connectivity index (χ4n) is 2.17. The third-order valence-electron chi connectivity index (χ3n) is 3.40. The highest BCUT2D eigenvalue weighted by atomic mass is 32.1. The Hall–Kier alpha value is -3.40. The van der Waals surface area contributed by atoms with Crippen LogP contribution in [0.25, 0.3) is 11.3 Å². The second-order valence-electron chi connectivity index (χ2n) is 4.95.